The third-order valence-corrected chi connectivity index (χ3v) is 3.44. The molecule has 98 valence electrons. The van der Waals surface area contributed by atoms with Crippen molar-refractivity contribution in [1.82, 2.24) is 0 Å². The zero-order valence-corrected chi connectivity index (χ0v) is 10.8. The molecular weight excluding hydrogens is 226 g/mol. The Bertz CT molecular complexity index is 414. The zero-order valence-electron chi connectivity index (χ0n) is 10.8. The van der Waals surface area contributed by atoms with E-state index in [9.17, 15) is 5.11 Å². The number of nitrogens with zero attached hydrogens (tertiary/aromatic N) is 1. The molecule has 4 nitrogen and oxygen atoms in total. The minimum Gasteiger partial charge on any atom is -0.393 e. The number of anilines is 1. The van der Waals surface area contributed by atoms with Crippen LogP contribution in [0.3, 0.4) is 0 Å². The van der Waals surface area contributed by atoms with Crippen molar-refractivity contribution < 1.29 is 5.11 Å². The van der Waals surface area contributed by atoms with Gasteiger partial charge in [-0.15, -0.1) is 0 Å². The molecule has 0 heterocycles. The lowest BCUT2D eigenvalue weighted by Gasteiger charge is -2.12. The molecule has 1 fully saturated rings. The topological polar surface area (TPSA) is 70.6 Å². The van der Waals surface area contributed by atoms with Crippen molar-refractivity contribution in [1.29, 1.82) is 0 Å². The number of hydrogen-bond donors (Lipinski definition) is 3. The van der Waals surface area contributed by atoms with E-state index in [-0.39, 0.29) is 12.0 Å². The fourth-order valence-electron chi connectivity index (χ4n) is 2.27. The van der Waals surface area contributed by atoms with E-state index in [0.29, 0.717) is 12.5 Å². The molecule has 18 heavy (non-hydrogen) atoms. The second kappa shape index (κ2) is 5.87. The number of nitrogens with one attached hydrogen (secondary N) is 1. The van der Waals surface area contributed by atoms with Crippen LogP contribution < -0.4 is 11.1 Å². The summed E-state index contributed by atoms with van der Waals surface area (Å²) < 4.78 is 0. The van der Waals surface area contributed by atoms with Gasteiger partial charge in [0.1, 0.15) is 0 Å². The lowest BCUT2D eigenvalue weighted by atomic mass is 10.1. The van der Waals surface area contributed by atoms with Crippen LogP contribution in [-0.2, 0) is 0 Å². The fourth-order valence-corrected chi connectivity index (χ4v) is 2.27. The summed E-state index contributed by atoms with van der Waals surface area (Å²) in [6.45, 7) is 2.65. The smallest absolute Gasteiger partial charge is 0.193 e. The molecule has 1 aliphatic rings. The number of hydrogen-bond acceptors (Lipinski definition) is 2. The Morgan fingerprint density at radius 3 is 2.72 bits per heavy atom. The van der Waals surface area contributed by atoms with Gasteiger partial charge in [-0.25, -0.2) is 0 Å². The predicted octanol–water partition coefficient (Wildman–Crippen LogP) is 1.88. The number of benzene rings is 1. The summed E-state index contributed by atoms with van der Waals surface area (Å²) in [6, 6.07) is 8.00. The highest BCUT2D eigenvalue weighted by molar-refractivity contribution is 5.92. The lowest BCUT2D eigenvalue weighted by molar-refractivity contribution is 0.137. The van der Waals surface area contributed by atoms with Crippen LogP contribution in [0.25, 0.3) is 0 Å². The van der Waals surface area contributed by atoms with Crippen molar-refractivity contribution in [3.63, 3.8) is 0 Å². The van der Waals surface area contributed by atoms with Crippen molar-refractivity contribution in [2.45, 2.75) is 32.3 Å². The maximum Gasteiger partial charge on any atom is 0.193 e. The van der Waals surface area contributed by atoms with Gasteiger partial charge < -0.3 is 16.2 Å². The van der Waals surface area contributed by atoms with Crippen molar-refractivity contribution in [2.75, 3.05) is 11.9 Å². The zero-order chi connectivity index (χ0) is 13.0. The Kier molecular flexibility index (Phi) is 4.20. The van der Waals surface area contributed by atoms with Gasteiger partial charge in [-0.1, -0.05) is 24.1 Å². The molecule has 1 aromatic rings. The maximum atomic E-state index is 9.69. The molecule has 0 saturated heterocycles. The van der Waals surface area contributed by atoms with E-state index in [1.807, 2.05) is 31.2 Å². The second-order valence-electron chi connectivity index (χ2n) is 4.98. The van der Waals surface area contributed by atoms with Crippen molar-refractivity contribution in [3.8, 4) is 0 Å². The Labute approximate surface area is 108 Å². The molecule has 0 aliphatic heterocycles. The number of guanidine groups is 1. The molecule has 1 aliphatic carbocycles. The number of aliphatic imine (C=N–C) groups is 1. The normalized spacial score (nSPS) is 24.2. The Morgan fingerprint density at radius 1 is 1.39 bits per heavy atom. The van der Waals surface area contributed by atoms with Gasteiger partial charge in [-0.3, -0.25) is 4.99 Å². The number of aliphatic hydroxyl groups excluding tert-OH is 1. The molecule has 4 N–H and O–H groups in total. The standard InChI is InChI=1S/C14H21N3O/c1-10-5-7-12(8-6-10)17-14(15)16-9-11-3-2-4-13(11)18/h5-8,11,13,18H,2-4,9H2,1H3,(H3,15,16,17). The Morgan fingerprint density at radius 2 is 2.11 bits per heavy atom. The van der Waals surface area contributed by atoms with Gasteiger partial charge in [0.15, 0.2) is 5.96 Å². The first-order valence-corrected chi connectivity index (χ1v) is 6.47. The highest BCUT2D eigenvalue weighted by Crippen LogP contribution is 2.25. The monoisotopic (exact) mass is 247 g/mol. The number of aliphatic hydroxyl groups is 1. The first kappa shape index (κ1) is 12.9. The average molecular weight is 247 g/mol. The van der Waals surface area contributed by atoms with Crippen LogP contribution in [-0.4, -0.2) is 23.7 Å². The Balaban J connectivity index is 1.87. The highest BCUT2D eigenvalue weighted by atomic mass is 16.3. The van der Waals surface area contributed by atoms with Gasteiger partial charge in [0, 0.05) is 18.2 Å². The van der Waals surface area contributed by atoms with Crippen LogP contribution in [0.15, 0.2) is 29.3 Å². The van der Waals surface area contributed by atoms with E-state index in [1.165, 1.54) is 5.56 Å². The number of nitrogens with two attached hydrogens (primary N) is 1. The minimum absolute atomic E-state index is 0.207. The quantitative estimate of drug-likeness (QED) is 0.564. The summed E-state index contributed by atoms with van der Waals surface area (Å²) in [5.74, 6) is 0.682. The minimum atomic E-state index is -0.207. The van der Waals surface area contributed by atoms with E-state index in [4.69, 9.17) is 5.73 Å². The van der Waals surface area contributed by atoms with Gasteiger partial charge in [-0.2, -0.15) is 0 Å². The van der Waals surface area contributed by atoms with Crippen LogP contribution in [0.1, 0.15) is 24.8 Å². The molecule has 0 radical (unpaired) electrons. The van der Waals surface area contributed by atoms with Crippen LogP contribution in [0.2, 0.25) is 0 Å². The predicted molar refractivity (Wildman–Crippen MR) is 74.6 cm³/mol. The van der Waals surface area contributed by atoms with Crippen LogP contribution in [0.5, 0.6) is 0 Å². The molecule has 4 heteroatoms. The molecule has 0 spiro atoms. The molecule has 1 aromatic carbocycles. The molecule has 1 saturated carbocycles. The first-order valence-electron chi connectivity index (χ1n) is 6.47. The highest BCUT2D eigenvalue weighted by Gasteiger charge is 2.24. The molecule has 0 aromatic heterocycles. The van der Waals surface area contributed by atoms with Gasteiger partial charge >= 0.3 is 0 Å². The summed E-state index contributed by atoms with van der Waals surface area (Å²) in [7, 11) is 0. The third-order valence-electron chi connectivity index (χ3n) is 3.44. The average Bonchev–Trinajstić information content (AvgIpc) is 2.75. The SMILES string of the molecule is Cc1ccc(NC(N)=NCC2CCCC2O)cc1. The molecule has 2 rings (SSSR count). The van der Waals surface area contributed by atoms with Crippen molar-refractivity contribution in [3.05, 3.63) is 29.8 Å². The maximum absolute atomic E-state index is 9.69. The van der Waals surface area contributed by atoms with E-state index < -0.39 is 0 Å². The lowest BCUT2D eigenvalue weighted by Crippen LogP contribution is -2.25. The van der Waals surface area contributed by atoms with Crippen molar-refractivity contribution in [2.24, 2.45) is 16.6 Å². The molecule has 2 unspecified atom stereocenters. The van der Waals surface area contributed by atoms with Crippen molar-refractivity contribution >= 4 is 11.6 Å². The molecule has 0 amide bonds. The molecular formula is C14H21N3O. The second-order valence-corrected chi connectivity index (χ2v) is 4.98. The van der Waals surface area contributed by atoms with Crippen LogP contribution >= 0.6 is 0 Å². The largest absolute Gasteiger partial charge is 0.393 e. The van der Waals surface area contributed by atoms with Gasteiger partial charge in [0.25, 0.3) is 0 Å². The summed E-state index contributed by atoms with van der Waals surface area (Å²) in [6.07, 6.45) is 2.82. The van der Waals surface area contributed by atoms with Gasteiger partial charge in [-0.05, 0) is 31.9 Å². The summed E-state index contributed by atoms with van der Waals surface area (Å²) in [4.78, 5) is 4.30. The number of aryl methyl sites for hydroxylation is 1. The van der Waals surface area contributed by atoms with Gasteiger partial charge in [0.2, 0.25) is 0 Å². The summed E-state index contributed by atoms with van der Waals surface area (Å²) >= 11 is 0. The van der Waals surface area contributed by atoms with E-state index in [1.54, 1.807) is 0 Å². The summed E-state index contributed by atoms with van der Waals surface area (Å²) in [5.41, 5.74) is 7.98. The molecule has 0 bridgehead atoms. The summed E-state index contributed by atoms with van der Waals surface area (Å²) in [5, 5.41) is 12.7. The van der Waals surface area contributed by atoms with Gasteiger partial charge in [0.05, 0.1) is 6.10 Å². The number of rotatable bonds is 3. The first-order chi connectivity index (χ1) is 8.65. The van der Waals surface area contributed by atoms with E-state index in [0.717, 1.165) is 24.9 Å². The Hall–Kier alpha value is -1.55. The van der Waals surface area contributed by atoms with E-state index >= 15 is 0 Å². The van der Waals surface area contributed by atoms with E-state index in [2.05, 4.69) is 10.3 Å². The van der Waals surface area contributed by atoms with Crippen LogP contribution in [0, 0.1) is 12.8 Å². The van der Waals surface area contributed by atoms with Crippen LogP contribution in [0.4, 0.5) is 5.69 Å². The fraction of sp³-hybridized carbons (Fsp3) is 0.500. The molecule has 2 atom stereocenters. The third kappa shape index (κ3) is 3.47.